The Bertz CT molecular complexity index is 587. The predicted octanol–water partition coefficient (Wildman–Crippen LogP) is 3.35. The molecule has 3 rings (SSSR count). The molecular weight excluding hydrogens is 210 g/mol. The summed E-state index contributed by atoms with van der Waals surface area (Å²) in [5, 5.41) is 0. The van der Waals surface area contributed by atoms with E-state index in [1.165, 1.54) is 16.7 Å². The third kappa shape index (κ3) is 1.82. The van der Waals surface area contributed by atoms with Gasteiger partial charge in [0.15, 0.2) is 0 Å². The first-order valence-corrected chi connectivity index (χ1v) is 5.66. The zero-order valence-electron chi connectivity index (χ0n) is 9.68. The fraction of sp³-hybridized carbons (Fsp3) is 0.133. The van der Waals surface area contributed by atoms with Gasteiger partial charge in [0.25, 0.3) is 0 Å². The SMILES string of the molecule is COc1ccc2c(c1)Cc1ccccc1C=N2. The Morgan fingerprint density at radius 2 is 1.94 bits per heavy atom. The molecule has 1 aliphatic heterocycles. The quantitative estimate of drug-likeness (QED) is 0.620. The molecule has 0 amide bonds. The molecule has 17 heavy (non-hydrogen) atoms. The summed E-state index contributed by atoms with van der Waals surface area (Å²) in [6.45, 7) is 0. The lowest BCUT2D eigenvalue weighted by atomic mass is 10.0. The van der Waals surface area contributed by atoms with E-state index in [1.807, 2.05) is 24.4 Å². The van der Waals surface area contributed by atoms with Gasteiger partial charge < -0.3 is 4.74 Å². The van der Waals surface area contributed by atoms with Crippen LogP contribution in [-0.2, 0) is 6.42 Å². The van der Waals surface area contributed by atoms with Gasteiger partial charge in [-0.25, -0.2) is 0 Å². The van der Waals surface area contributed by atoms with E-state index in [4.69, 9.17) is 4.74 Å². The molecule has 0 atom stereocenters. The topological polar surface area (TPSA) is 21.6 Å². The maximum Gasteiger partial charge on any atom is 0.119 e. The smallest absolute Gasteiger partial charge is 0.119 e. The molecule has 0 saturated carbocycles. The zero-order valence-corrected chi connectivity index (χ0v) is 9.68. The summed E-state index contributed by atoms with van der Waals surface area (Å²) < 4.78 is 5.26. The van der Waals surface area contributed by atoms with E-state index in [9.17, 15) is 0 Å². The minimum Gasteiger partial charge on any atom is -0.497 e. The molecule has 0 unspecified atom stereocenters. The molecule has 1 aliphatic rings. The molecule has 0 bridgehead atoms. The van der Waals surface area contributed by atoms with Gasteiger partial charge in [0.1, 0.15) is 5.75 Å². The highest BCUT2D eigenvalue weighted by Gasteiger charge is 2.10. The molecule has 0 aliphatic carbocycles. The Hall–Kier alpha value is -2.09. The van der Waals surface area contributed by atoms with E-state index < -0.39 is 0 Å². The molecule has 2 nitrogen and oxygen atoms in total. The largest absolute Gasteiger partial charge is 0.497 e. The summed E-state index contributed by atoms with van der Waals surface area (Å²) in [6, 6.07) is 14.4. The molecule has 2 aromatic rings. The first-order valence-electron chi connectivity index (χ1n) is 5.66. The lowest BCUT2D eigenvalue weighted by Crippen LogP contribution is -1.92. The van der Waals surface area contributed by atoms with Gasteiger partial charge in [0.2, 0.25) is 0 Å². The van der Waals surface area contributed by atoms with Crippen LogP contribution >= 0.6 is 0 Å². The second-order valence-electron chi connectivity index (χ2n) is 4.13. The standard InChI is InChI=1S/C15H13NO/c1-17-14-6-7-15-13(9-14)8-11-4-2-3-5-12(11)10-16-15/h2-7,9-10H,8H2,1H3. The lowest BCUT2D eigenvalue weighted by molar-refractivity contribution is 0.414. The fourth-order valence-corrected chi connectivity index (χ4v) is 2.12. The Kier molecular flexibility index (Phi) is 2.41. The predicted molar refractivity (Wildman–Crippen MR) is 69.5 cm³/mol. The van der Waals surface area contributed by atoms with Gasteiger partial charge in [-0.05, 0) is 34.9 Å². The Labute approximate surface area is 101 Å². The van der Waals surface area contributed by atoms with Crippen molar-refractivity contribution in [1.82, 2.24) is 0 Å². The van der Waals surface area contributed by atoms with E-state index in [-0.39, 0.29) is 0 Å². The van der Waals surface area contributed by atoms with E-state index in [2.05, 4.69) is 29.3 Å². The summed E-state index contributed by atoms with van der Waals surface area (Å²) in [6.07, 6.45) is 2.84. The molecule has 0 spiro atoms. The van der Waals surface area contributed by atoms with Crippen molar-refractivity contribution in [2.75, 3.05) is 7.11 Å². The Morgan fingerprint density at radius 3 is 2.82 bits per heavy atom. The van der Waals surface area contributed by atoms with Crippen molar-refractivity contribution >= 4 is 11.9 Å². The number of methoxy groups -OCH3 is 1. The number of rotatable bonds is 1. The summed E-state index contributed by atoms with van der Waals surface area (Å²) in [7, 11) is 1.69. The number of hydrogen-bond donors (Lipinski definition) is 0. The van der Waals surface area contributed by atoms with E-state index in [0.29, 0.717) is 0 Å². The summed E-state index contributed by atoms with van der Waals surface area (Å²) in [5.74, 6) is 0.887. The van der Waals surface area contributed by atoms with Crippen LogP contribution in [0.1, 0.15) is 16.7 Å². The van der Waals surface area contributed by atoms with Crippen LogP contribution < -0.4 is 4.74 Å². The second-order valence-corrected chi connectivity index (χ2v) is 4.13. The number of aliphatic imine (C=N–C) groups is 1. The zero-order chi connectivity index (χ0) is 11.7. The number of ether oxygens (including phenoxy) is 1. The molecule has 0 saturated heterocycles. The van der Waals surface area contributed by atoms with Crippen LogP contribution in [0.4, 0.5) is 5.69 Å². The third-order valence-electron chi connectivity index (χ3n) is 3.07. The van der Waals surface area contributed by atoms with Crippen LogP contribution in [0.25, 0.3) is 0 Å². The minimum absolute atomic E-state index is 0.887. The van der Waals surface area contributed by atoms with Gasteiger partial charge in [0.05, 0.1) is 12.8 Å². The molecular formula is C15H13NO. The van der Waals surface area contributed by atoms with Crippen molar-refractivity contribution in [1.29, 1.82) is 0 Å². The van der Waals surface area contributed by atoms with Crippen LogP contribution in [0.5, 0.6) is 5.75 Å². The highest BCUT2D eigenvalue weighted by Crippen LogP contribution is 2.29. The van der Waals surface area contributed by atoms with Crippen LogP contribution in [0, 0.1) is 0 Å². The average molecular weight is 223 g/mol. The first-order chi connectivity index (χ1) is 8.36. The maximum absolute atomic E-state index is 5.26. The van der Waals surface area contributed by atoms with Crippen molar-refractivity contribution in [2.24, 2.45) is 4.99 Å². The van der Waals surface area contributed by atoms with Crippen molar-refractivity contribution in [3.05, 3.63) is 59.2 Å². The molecule has 2 aromatic carbocycles. The maximum atomic E-state index is 5.26. The van der Waals surface area contributed by atoms with Crippen molar-refractivity contribution in [2.45, 2.75) is 6.42 Å². The van der Waals surface area contributed by atoms with Gasteiger partial charge in [-0.2, -0.15) is 0 Å². The van der Waals surface area contributed by atoms with Crippen LogP contribution in [0.15, 0.2) is 47.5 Å². The highest BCUT2D eigenvalue weighted by molar-refractivity contribution is 5.85. The summed E-state index contributed by atoms with van der Waals surface area (Å²) in [5.41, 5.74) is 4.75. The Morgan fingerprint density at radius 1 is 1.06 bits per heavy atom. The van der Waals surface area contributed by atoms with E-state index >= 15 is 0 Å². The van der Waals surface area contributed by atoms with E-state index in [1.54, 1.807) is 7.11 Å². The number of hydrogen-bond acceptors (Lipinski definition) is 2. The second kappa shape index (κ2) is 4.06. The molecule has 0 radical (unpaired) electrons. The summed E-state index contributed by atoms with van der Waals surface area (Å²) >= 11 is 0. The minimum atomic E-state index is 0.887. The molecule has 84 valence electrons. The normalized spacial score (nSPS) is 12.5. The average Bonchev–Trinajstić information content (AvgIpc) is 2.56. The third-order valence-corrected chi connectivity index (χ3v) is 3.07. The van der Waals surface area contributed by atoms with Gasteiger partial charge >= 0.3 is 0 Å². The molecule has 0 aromatic heterocycles. The Balaban J connectivity index is 2.12. The number of fused-ring (bicyclic) bond motifs is 2. The number of nitrogens with zero attached hydrogens (tertiary/aromatic N) is 1. The van der Waals surface area contributed by atoms with Crippen LogP contribution in [-0.4, -0.2) is 13.3 Å². The molecule has 0 fully saturated rings. The molecule has 0 N–H and O–H groups in total. The first kappa shape index (κ1) is 10.1. The van der Waals surface area contributed by atoms with Crippen LogP contribution in [0.2, 0.25) is 0 Å². The van der Waals surface area contributed by atoms with E-state index in [0.717, 1.165) is 17.9 Å². The molecule has 2 heteroatoms. The monoisotopic (exact) mass is 223 g/mol. The van der Waals surface area contributed by atoms with Crippen molar-refractivity contribution in [3.63, 3.8) is 0 Å². The van der Waals surface area contributed by atoms with Gasteiger partial charge in [-0.3, -0.25) is 4.99 Å². The fourth-order valence-electron chi connectivity index (χ4n) is 2.12. The van der Waals surface area contributed by atoms with Gasteiger partial charge in [0, 0.05) is 12.6 Å². The van der Waals surface area contributed by atoms with Crippen LogP contribution in [0.3, 0.4) is 0 Å². The molecule has 1 heterocycles. The van der Waals surface area contributed by atoms with Gasteiger partial charge in [-0.1, -0.05) is 24.3 Å². The number of benzene rings is 2. The lowest BCUT2D eigenvalue weighted by Gasteiger charge is -2.07. The highest BCUT2D eigenvalue weighted by atomic mass is 16.5. The van der Waals surface area contributed by atoms with Gasteiger partial charge in [-0.15, -0.1) is 0 Å². The van der Waals surface area contributed by atoms with Crippen molar-refractivity contribution in [3.8, 4) is 5.75 Å². The summed E-state index contributed by atoms with van der Waals surface area (Å²) in [4.78, 5) is 4.52. The van der Waals surface area contributed by atoms with Crippen molar-refractivity contribution < 1.29 is 4.74 Å².